The Hall–Kier alpha value is 0.416. The normalized spacial score (nSPS) is 9.73. The largest absolute Gasteiger partial charge is 1.00 e. The Labute approximate surface area is 134 Å². The van der Waals surface area contributed by atoms with Crippen LogP contribution in [0.3, 0.4) is 0 Å². The van der Waals surface area contributed by atoms with E-state index in [9.17, 15) is 0 Å². The van der Waals surface area contributed by atoms with E-state index in [1.807, 2.05) is 39.0 Å². The molecule has 15 heavy (non-hydrogen) atoms. The number of nitrogens with zero attached hydrogens (tertiary/aromatic N) is 1. The van der Waals surface area contributed by atoms with Crippen LogP contribution < -0.4 is 61.1 Å². The SMILES string of the molecule is Cc1cc(N(C)[NH-])ccc1OC(C)C.[K+]. The summed E-state index contributed by atoms with van der Waals surface area (Å²) in [5.74, 6) is 8.31. The number of nitrogens with one attached hydrogen (secondary N) is 1. The maximum absolute atomic E-state index is 7.42. The van der Waals surface area contributed by atoms with Gasteiger partial charge >= 0.3 is 51.4 Å². The first kappa shape index (κ1) is 15.4. The minimum atomic E-state index is 0. The summed E-state index contributed by atoms with van der Waals surface area (Å²) in [6.07, 6.45) is 0.188. The van der Waals surface area contributed by atoms with Crippen LogP contribution in [-0.2, 0) is 0 Å². The average Bonchev–Trinajstić information content (AvgIpc) is 2.07. The van der Waals surface area contributed by atoms with Crippen molar-refractivity contribution >= 4 is 5.69 Å². The first-order valence-corrected chi connectivity index (χ1v) is 4.73. The molecule has 0 aliphatic carbocycles. The molecule has 0 aromatic heterocycles. The zero-order valence-electron chi connectivity index (χ0n) is 10.2. The number of aryl methyl sites for hydroxylation is 1. The standard InChI is InChI=1S/C11H17N2O.K/c1-8(2)14-11-6-5-10(13(4)12)7-9(11)3;/h5-8,12H,1-4H3;/q-1;+1. The Morgan fingerprint density at radius 2 is 1.93 bits per heavy atom. The monoisotopic (exact) mass is 232 g/mol. The third kappa shape index (κ3) is 4.85. The van der Waals surface area contributed by atoms with Crippen LogP contribution in [0.25, 0.3) is 5.84 Å². The van der Waals surface area contributed by atoms with Crippen LogP contribution in [0.2, 0.25) is 0 Å². The van der Waals surface area contributed by atoms with Crippen molar-refractivity contribution in [3.8, 4) is 5.75 Å². The first-order chi connectivity index (χ1) is 6.50. The van der Waals surface area contributed by atoms with Crippen LogP contribution in [0.4, 0.5) is 5.69 Å². The van der Waals surface area contributed by atoms with Crippen molar-refractivity contribution in [2.24, 2.45) is 0 Å². The van der Waals surface area contributed by atoms with Crippen LogP contribution in [0.1, 0.15) is 19.4 Å². The predicted octanol–water partition coefficient (Wildman–Crippen LogP) is 0.190. The molecule has 0 bridgehead atoms. The van der Waals surface area contributed by atoms with Gasteiger partial charge in [0.2, 0.25) is 0 Å². The van der Waals surface area contributed by atoms with Crippen molar-refractivity contribution in [3.63, 3.8) is 0 Å². The third-order valence-electron chi connectivity index (χ3n) is 1.91. The van der Waals surface area contributed by atoms with Gasteiger partial charge in [0.15, 0.2) is 0 Å². The molecule has 3 nitrogen and oxygen atoms in total. The third-order valence-corrected chi connectivity index (χ3v) is 1.91. The van der Waals surface area contributed by atoms with E-state index in [0.29, 0.717) is 0 Å². The van der Waals surface area contributed by atoms with Gasteiger partial charge in [-0.15, -0.1) is 0 Å². The van der Waals surface area contributed by atoms with Gasteiger partial charge in [-0.25, -0.2) is 0 Å². The zero-order valence-corrected chi connectivity index (χ0v) is 13.3. The predicted molar refractivity (Wildman–Crippen MR) is 59.7 cm³/mol. The summed E-state index contributed by atoms with van der Waals surface area (Å²) in [5.41, 5.74) is 1.94. The second kappa shape index (κ2) is 6.88. The zero-order chi connectivity index (χ0) is 10.7. The molecule has 78 valence electrons. The van der Waals surface area contributed by atoms with E-state index in [0.717, 1.165) is 17.0 Å². The molecule has 0 fully saturated rings. The molecule has 0 amide bonds. The molecule has 1 N–H and O–H groups in total. The number of hydrogen-bond donors (Lipinski definition) is 0. The van der Waals surface area contributed by atoms with Gasteiger partial charge in [-0.2, -0.15) is 0 Å². The molecule has 0 atom stereocenters. The van der Waals surface area contributed by atoms with E-state index >= 15 is 0 Å². The summed E-state index contributed by atoms with van der Waals surface area (Å²) >= 11 is 0. The molecular weight excluding hydrogens is 215 g/mol. The van der Waals surface area contributed by atoms with E-state index in [2.05, 4.69) is 0 Å². The first-order valence-electron chi connectivity index (χ1n) is 4.73. The molecule has 0 saturated carbocycles. The fourth-order valence-electron chi connectivity index (χ4n) is 1.23. The molecule has 0 aliphatic rings. The summed E-state index contributed by atoms with van der Waals surface area (Å²) in [5, 5.41) is 1.34. The van der Waals surface area contributed by atoms with Crippen LogP contribution >= 0.6 is 0 Å². The van der Waals surface area contributed by atoms with Crippen molar-refractivity contribution in [2.45, 2.75) is 26.9 Å². The molecule has 4 heteroatoms. The van der Waals surface area contributed by atoms with E-state index in [1.165, 1.54) is 5.01 Å². The van der Waals surface area contributed by atoms with Crippen LogP contribution in [0.5, 0.6) is 5.75 Å². The maximum Gasteiger partial charge on any atom is 1.00 e. The Kier molecular flexibility index (Phi) is 7.07. The van der Waals surface area contributed by atoms with Crippen LogP contribution in [-0.4, -0.2) is 13.2 Å². The number of anilines is 1. The Balaban J connectivity index is 0.00000196. The Bertz CT molecular complexity index is 313. The van der Waals surface area contributed by atoms with Gasteiger partial charge < -0.3 is 15.6 Å². The number of rotatable bonds is 3. The van der Waals surface area contributed by atoms with Crippen LogP contribution in [0, 0.1) is 6.92 Å². The van der Waals surface area contributed by atoms with Gasteiger partial charge in [-0.3, -0.25) is 0 Å². The fourth-order valence-corrected chi connectivity index (χ4v) is 1.23. The van der Waals surface area contributed by atoms with Crippen molar-refractivity contribution in [3.05, 3.63) is 29.6 Å². The average molecular weight is 232 g/mol. The van der Waals surface area contributed by atoms with Crippen molar-refractivity contribution in [1.29, 1.82) is 0 Å². The molecular formula is C11H17KN2O. The molecule has 0 radical (unpaired) electrons. The molecule has 0 spiro atoms. The van der Waals surface area contributed by atoms with Gasteiger partial charge in [-0.1, -0.05) is 0 Å². The molecule has 0 saturated heterocycles. The summed E-state index contributed by atoms with van der Waals surface area (Å²) in [6.45, 7) is 6.00. The Morgan fingerprint density at radius 1 is 1.33 bits per heavy atom. The van der Waals surface area contributed by atoms with E-state index < -0.39 is 0 Å². The van der Waals surface area contributed by atoms with E-state index in [1.54, 1.807) is 7.05 Å². The summed E-state index contributed by atoms with van der Waals surface area (Å²) in [6, 6.07) is 5.75. The van der Waals surface area contributed by atoms with Crippen LogP contribution in [0.15, 0.2) is 18.2 Å². The molecule has 0 aliphatic heterocycles. The van der Waals surface area contributed by atoms with Gasteiger partial charge in [0.05, 0.1) is 6.10 Å². The molecule has 0 heterocycles. The van der Waals surface area contributed by atoms with Crippen molar-refractivity contribution in [2.75, 3.05) is 12.1 Å². The van der Waals surface area contributed by atoms with Crippen molar-refractivity contribution in [1.82, 2.24) is 0 Å². The van der Waals surface area contributed by atoms with Gasteiger partial charge in [-0.05, 0) is 51.6 Å². The minimum absolute atomic E-state index is 0. The molecule has 1 aromatic rings. The van der Waals surface area contributed by atoms with E-state index in [-0.39, 0.29) is 57.5 Å². The molecule has 0 unspecified atom stereocenters. The molecule has 1 rings (SSSR count). The molecule has 1 aromatic carbocycles. The number of hydrogen-bond acceptors (Lipinski definition) is 2. The topological polar surface area (TPSA) is 36.3 Å². The maximum atomic E-state index is 7.42. The van der Waals surface area contributed by atoms with E-state index in [4.69, 9.17) is 10.6 Å². The Morgan fingerprint density at radius 3 is 2.33 bits per heavy atom. The fraction of sp³-hybridized carbons (Fsp3) is 0.455. The second-order valence-electron chi connectivity index (χ2n) is 3.68. The van der Waals surface area contributed by atoms with Gasteiger partial charge in [0, 0.05) is 5.69 Å². The number of benzene rings is 1. The van der Waals surface area contributed by atoms with Gasteiger partial charge in [0.25, 0.3) is 0 Å². The van der Waals surface area contributed by atoms with Gasteiger partial charge in [0.1, 0.15) is 5.75 Å². The smallest absolute Gasteiger partial charge is 0.584 e. The summed E-state index contributed by atoms with van der Waals surface area (Å²) < 4.78 is 5.60. The summed E-state index contributed by atoms with van der Waals surface area (Å²) in [7, 11) is 1.71. The second-order valence-corrected chi connectivity index (χ2v) is 3.68. The quantitative estimate of drug-likeness (QED) is 0.551. The van der Waals surface area contributed by atoms with Crippen molar-refractivity contribution < 1.29 is 56.1 Å². The number of ether oxygens (including phenoxy) is 1. The minimum Gasteiger partial charge on any atom is -0.584 e. The summed E-state index contributed by atoms with van der Waals surface area (Å²) in [4.78, 5) is 0.